The number of nitrogens with zero attached hydrogens (tertiary/aromatic N) is 2. The smallest absolute Gasteiger partial charge is 0.135 e. The first-order valence-electron chi connectivity index (χ1n) is 6.13. The van der Waals surface area contributed by atoms with Crippen LogP contribution < -0.4 is 0 Å². The number of benzene rings is 2. The molecule has 0 saturated carbocycles. The van der Waals surface area contributed by atoms with Gasteiger partial charge in [-0.15, -0.1) is 11.3 Å². The summed E-state index contributed by atoms with van der Waals surface area (Å²) in [5.41, 5.74) is 1.89. The lowest BCUT2D eigenvalue weighted by Gasteiger charge is -2.00. The molecule has 0 radical (unpaired) electrons. The molecule has 0 fully saturated rings. The predicted octanol–water partition coefficient (Wildman–Crippen LogP) is 4.83. The van der Waals surface area contributed by atoms with Crippen molar-refractivity contribution in [2.45, 2.75) is 0 Å². The molecule has 1 aromatic heterocycles. The van der Waals surface area contributed by atoms with Gasteiger partial charge in [0.2, 0.25) is 0 Å². The van der Waals surface area contributed by atoms with Crippen LogP contribution in [-0.2, 0) is 0 Å². The van der Waals surface area contributed by atoms with Gasteiger partial charge in [-0.1, -0.05) is 28.1 Å². The third-order valence-corrected chi connectivity index (χ3v) is 4.50. The second kappa shape index (κ2) is 5.68. The molecule has 0 aliphatic carbocycles. The van der Waals surface area contributed by atoms with E-state index < -0.39 is 0 Å². The van der Waals surface area contributed by atoms with E-state index in [1.165, 1.54) is 11.3 Å². The molecule has 0 saturated heterocycles. The van der Waals surface area contributed by atoms with Gasteiger partial charge < -0.3 is 5.11 Å². The van der Waals surface area contributed by atoms with Gasteiger partial charge in [0.1, 0.15) is 16.8 Å². The van der Waals surface area contributed by atoms with Crippen molar-refractivity contribution in [1.82, 2.24) is 4.98 Å². The SMILES string of the molecule is N#C/C(=C\c1cc(Br)ccc1O)c1nc2ccccc2s1. The highest BCUT2D eigenvalue weighted by molar-refractivity contribution is 9.10. The highest BCUT2D eigenvalue weighted by Crippen LogP contribution is 2.30. The van der Waals surface area contributed by atoms with E-state index in [-0.39, 0.29) is 5.75 Å². The van der Waals surface area contributed by atoms with Crippen LogP contribution >= 0.6 is 27.3 Å². The third kappa shape index (κ3) is 2.82. The molecule has 0 bridgehead atoms. The van der Waals surface area contributed by atoms with Crippen LogP contribution in [0.1, 0.15) is 10.6 Å². The number of phenolic OH excluding ortho intramolecular Hbond substituents is 1. The van der Waals surface area contributed by atoms with E-state index in [0.717, 1.165) is 14.7 Å². The van der Waals surface area contributed by atoms with E-state index in [1.54, 1.807) is 24.3 Å². The van der Waals surface area contributed by atoms with Crippen LogP contribution in [0, 0.1) is 11.3 Å². The molecular formula is C16H9BrN2OS. The Morgan fingerprint density at radius 1 is 1.29 bits per heavy atom. The molecule has 21 heavy (non-hydrogen) atoms. The number of hydrogen-bond acceptors (Lipinski definition) is 4. The minimum Gasteiger partial charge on any atom is -0.507 e. The average Bonchev–Trinajstić information content (AvgIpc) is 2.91. The van der Waals surface area contributed by atoms with Crippen LogP contribution in [0.5, 0.6) is 5.75 Å². The summed E-state index contributed by atoms with van der Waals surface area (Å²) in [7, 11) is 0. The van der Waals surface area contributed by atoms with Crippen LogP contribution in [0.3, 0.4) is 0 Å². The lowest BCUT2D eigenvalue weighted by atomic mass is 10.1. The first kappa shape index (κ1) is 13.8. The second-order valence-electron chi connectivity index (χ2n) is 4.36. The summed E-state index contributed by atoms with van der Waals surface area (Å²) >= 11 is 4.82. The third-order valence-electron chi connectivity index (χ3n) is 2.93. The number of fused-ring (bicyclic) bond motifs is 1. The van der Waals surface area contributed by atoms with Crippen molar-refractivity contribution < 1.29 is 5.11 Å². The normalized spacial score (nSPS) is 11.5. The summed E-state index contributed by atoms with van der Waals surface area (Å²) < 4.78 is 1.88. The molecule has 0 amide bonds. The number of rotatable bonds is 2. The number of para-hydroxylation sites is 1. The summed E-state index contributed by atoms with van der Waals surface area (Å²) in [5, 5.41) is 19.9. The van der Waals surface area contributed by atoms with Crippen molar-refractivity contribution in [2.75, 3.05) is 0 Å². The van der Waals surface area contributed by atoms with Crippen molar-refractivity contribution >= 4 is 49.1 Å². The van der Waals surface area contributed by atoms with E-state index in [2.05, 4.69) is 27.0 Å². The van der Waals surface area contributed by atoms with E-state index >= 15 is 0 Å². The Kier molecular flexibility index (Phi) is 3.74. The molecular weight excluding hydrogens is 348 g/mol. The molecule has 3 nitrogen and oxygen atoms in total. The number of phenols is 1. The van der Waals surface area contributed by atoms with E-state index in [9.17, 15) is 10.4 Å². The highest BCUT2D eigenvalue weighted by Gasteiger charge is 2.09. The summed E-state index contributed by atoms with van der Waals surface area (Å²) in [6.07, 6.45) is 1.65. The Labute approximate surface area is 133 Å². The van der Waals surface area contributed by atoms with Crippen molar-refractivity contribution in [3.63, 3.8) is 0 Å². The van der Waals surface area contributed by atoms with Gasteiger partial charge in [-0.05, 0) is 36.4 Å². The second-order valence-corrected chi connectivity index (χ2v) is 6.31. The molecule has 0 aliphatic heterocycles. The van der Waals surface area contributed by atoms with Crippen molar-refractivity contribution in [3.05, 3.63) is 57.5 Å². The Morgan fingerprint density at radius 3 is 2.86 bits per heavy atom. The number of halogens is 1. The zero-order valence-corrected chi connectivity index (χ0v) is 13.1. The van der Waals surface area contributed by atoms with Crippen molar-refractivity contribution in [1.29, 1.82) is 5.26 Å². The highest BCUT2D eigenvalue weighted by atomic mass is 79.9. The average molecular weight is 357 g/mol. The number of aromatic hydroxyl groups is 1. The minimum absolute atomic E-state index is 0.132. The van der Waals surface area contributed by atoms with Gasteiger partial charge >= 0.3 is 0 Å². The Hall–Kier alpha value is -2.16. The van der Waals surface area contributed by atoms with Gasteiger partial charge in [-0.25, -0.2) is 4.98 Å². The molecule has 0 aliphatic rings. The molecule has 5 heteroatoms. The molecule has 3 aromatic rings. The number of allylic oxidation sites excluding steroid dienone is 1. The molecule has 0 spiro atoms. The molecule has 102 valence electrons. The van der Waals surface area contributed by atoms with E-state index in [4.69, 9.17) is 0 Å². The van der Waals surface area contributed by atoms with Gasteiger partial charge in [-0.2, -0.15) is 5.26 Å². The summed E-state index contributed by atoms with van der Waals surface area (Å²) in [5.74, 6) is 0.132. The zero-order valence-electron chi connectivity index (χ0n) is 10.7. The van der Waals surface area contributed by atoms with E-state index in [0.29, 0.717) is 16.1 Å². The molecule has 1 heterocycles. The van der Waals surface area contributed by atoms with E-state index in [1.807, 2.05) is 24.3 Å². The molecule has 3 rings (SSSR count). The van der Waals surface area contributed by atoms with Crippen molar-refractivity contribution in [2.24, 2.45) is 0 Å². The molecule has 0 atom stereocenters. The summed E-state index contributed by atoms with van der Waals surface area (Å²) in [6, 6.07) is 15.0. The van der Waals surface area contributed by atoms with Crippen LogP contribution in [0.15, 0.2) is 46.9 Å². The van der Waals surface area contributed by atoms with Crippen LogP contribution in [0.25, 0.3) is 21.9 Å². The molecule has 1 N–H and O–H groups in total. The van der Waals surface area contributed by atoms with Gasteiger partial charge in [0.25, 0.3) is 0 Å². The number of thiazole rings is 1. The van der Waals surface area contributed by atoms with Gasteiger partial charge in [0, 0.05) is 10.0 Å². The Balaban J connectivity index is 2.11. The van der Waals surface area contributed by atoms with Crippen LogP contribution in [0.4, 0.5) is 0 Å². The maximum absolute atomic E-state index is 9.87. The monoisotopic (exact) mass is 356 g/mol. The number of aromatic nitrogens is 1. The fourth-order valence-corrected chi connectivity index (χ4v) is 3.24. The quantitative estimate of drug-likeness (QED) is 0.669. The molecule has 2 aromatic carbocycles. The summed E-state index contributed by atoms with van der Waals surface area (Å²) in [6.45, 7) is 0. The fraction of sp³-hybridized carbons (Fsp3) is 0. The first-order chi connectivity index (χ1) is 10.2. The van der Waals surface area contributed by atoms with Gasteiger partial charge in [0.15, 0.2) is 0 Å². The summed E-state index contributed by atoms with van der Waals surface area (Å²) in [4.78, 5) is 4.47. The van der Waals surface area contributed by atoms with Crippen LogP contribution in [-0.4, -0.2) is 10.1 Å². The lowest BCUT2D eigenvalue weighted by molar-refractivity contribution is 0.474. The largest absolute Gasteiger partial charge is 0.507 e. The van der Waals surface area contributed by atoms with Gasteiger partial charge in [-0.3, -0.25) is 0 Å². The van der Waals surface area contributed by atoms with Gasteiger partial charge in [0.05, 0.1) is 15.8 Å². The fourth-order valence-electron chi connectivity index (χ4n) is 1.93. The van der Waals surface area contributed by atoms with Crippen LogP contribution in [0.2, 0.25) is 0 Å². The zero-order chi connectivity index (χ0) is 14.8. The lowest BCUT2D eigenvalue weighted by Crippen LogP contribution is -1.81. The first-order valence-corrected chi connectivity index (χ1v) is 7.74. The topological polar surface area (TPSA) is 56.9 Å². The maximum atomic E-state index is 9.87. The molecule has 0 unspecified atom stereocenters. The standard InChI is InChI=1S/C16H9BrN2OS/c17-12-5-6-14(20)10(8-12)7-11(9-18)16-19-13-3-1-2-4-15(13)21-16/h1-8,20H/b11-7+. The number of hydrogen-bond donors (Lipinski definition) is 1. The number of nitriles is 1. The Bertz CT molecular complexity index is 860. The predicted molar refractivity (Wildman–Crippen MR) is 88.9 cm³/mol. The minimum atomic E-state index is 0.132. The van der Waals surface area contributed by atoms with Crippen molar-refractivity contribution in [3.8, 4) is 11.8 Å². The Morgan fingerprint density at radius 2 is 2.10 bits per heavy atom. The maximum Gasteiger partial charge on any atom is 0.135 e.